The summed E-state index contributed by atoms with van der Waals surface area (Å²) in [6, 6.07) is 3.73. The van der Waals surface area contributed by atoms with Crippen LogP contribution in [0, 0.1) is 11.8 Å². The monoisotopic (exact) mass is 401 g/mol. The number of carbonyl (C=O) groups is 1. The molecule has 158 valence electrons. The van der Waals surface area contributed by atoms with Gasteiger partial charge in [0, 0.05) is 32.2 Å². The van der Waals surface area contributed by atoms with E-state index in [2.05, 4.69) is 4.98 Å². The van der Waals surface area contributed by atoms with Crippen LogP contribution in [0.4, 0.5) is 0 Å². The van der Waals surface area contributed by atoms with Gasteiger partial charge in [-0.15, -0.1) is 0 Å². The van der Waals surface area contributed by atoms with E-state index < -0.39 is 0 Å². The van der Waals surface area contributed by atoms with Gasteiger partial charge in [0.05, 0.1) is 11.6 Å². The van der Waals surface area contributed by atoms with Crippen molar-refractivity contribution in [2.24, 2.45) is 18.9 Å². The van der Waals surface area contributed by atoms with E-state index in [-0.39, 0.29) is 23.5 Å². The van der Waals surface area contributed by atoms with Crippen LogP contribution in [-0.4, -0.2) is 39.2 Å². The van der Waals surface area contributed by atoms with Crippen molar-refractivity contribution in [1.29, 1.82) is 0 Å². The number of pyridine rings is 1. The van der Waals surface area contributed by atoms with E-state index in [0.29, 0.717) is 30.6 Å². The van der Waals surface area contributed by atoms with E-state index in [1.807, 2.05) is 12.1 Å². The van der Waals surface area contributed by atoms with Gasteiger partial charge in [0.2, 0.25) is 5.88 Å². The first kappa shape index (κ1) is 20.1. The molecule has 2 fully saturated rings. The van der Waals surface area contributed by atoms with Gasteiger partial charge in [0.1, 0.15) is 12.4 Å². The largest absolute Gasteiger partial charge is 0.475 e. The SMILES string of the molecule is CC(=O)C1CCC(Cn2c(=O)n(C)c3ccc(OCC4CCCCO4)nc32)CC1. The van der Waals surface area contributed by atoms with E-state index in [4.69, 9.17) is 9.47 Å². The zero-order valence-corrected chi connectivity index (χ0v) is 17.4. The number of aryl methyl sites for hydroxylation is 1. The second-order valence-corrected chi connectivity index (χ2v) is 8.57. The smallest absolute Gasteiger partial charge is 0.330 e. The minimum Gasteiger partial charge on any atom is -0.475 e. The first-order valence-electron chi connectivity index (χ1n) is 10.8. The second-order valence-electron chi connectivity index (χ2n) is 8.57. The number of aromatic nitrogens is 3. The Morgan fingerprint density at radius 1 is 1.21 bits per heavy atom. The average Bonchev–Trinajstić information content (AvgIpc) is 2.98. The Bertz CT molecular complexity index is 918. The van der Waals surface area contributed by atoms with Gasteiger partial charge in [-0.05, 0) is 63.9 Å². The molecule has 0 N–H and O–H groups in total. The molecule has 0 bridgehead atoms. The fourth-order valence-corrected chi connectivity index (χ4v) is 4.63. The third kappa shape index (κ3) is 4.39. The lowest BCUT2D eigenvalue weighted by Gasteiger charge is -2.27. The number of rotatable bonds is 6. The first-order valence-corrected chi connectivity index (χ1v) is 10.8. The maximum absolute atomic E-state index is 12.8. The Hall–Kier alpha value is -2.15. The summed E-state index contributed by atoms with van der Waals surface area (Å²) in [6.45, 7) is 3.61. The van der Waals surface area contributed by atoms with E-state index in [1.54, 1.807) is 23.1 Å². The predicted octanol–water partition coefficient (Wildman–Crippen LogP) is 3.08. The lowest BCUT2D eigenvalue weighted by atomic mass is 9.80. The van der Waals surface area contributed by atoms with Crippen molar-refractivity contribution in [3.8, 4) is 5.88 Å². The summed E-state index contributed by atoms with van der Waals surface area (Å²) < 4.78 is 15.0. The van der Waals surface area contributed by atoms with Gasteiger partial charge in [-0.3, -0.25) is 13.9 Å². The highest BCUT2D eigenvalue weighted by Gasteiger charge is 2.26. The van der Waals surface area contributed by atoms with E-state index in [0.717, 1.165) is 50.6 Å². The number of ether oxygens (including phenoxy) is 2. The Morgan fingerprint density at radius 2 is 2.00 bits per heavy atom. The molecule has 0 amide bonds. The number of hydrogen-bond acceptors (Lipinski definition) is 5. The molecule has 2 aromatic heterocycles. The number of Topliss-reactive ketones (excluding diaryl/α,β-unsaturated/α-hetero) is 1. The number of imidazole rings is 1. The van der Waals surface area contributed by atoms with Gasteiger partial charge in [0.25, 0.3) is 0 Å². The zero-order valence-electron chi connectivity index (χ0n) is 17.4. The van der Waals surface area contributed by atoms with E-state index >= 15 is 0 Å². The van der Waals surface area contributed by atoms with Crippen LogP contribution in [0.25, 0.3) is 11.2 Å². The molecule has 1 unspecified atom stereocenters. The molecule has 4 rings (SSSR count). The summed E-state index contributed by atoms with van der Waals surface area (Å²) in [4.78, 5) is 29.1. The minimum atomic E-state index is -0.0473. The number of nitrogens with zero attached hydrogens (tertiary/aromatic N) is 3. The highest BCUT2D eigenvalue weighted by molar-refractivity contribution is 5.78. The van der Waals surface area contributed by atoms with Crippen molar-refractivity contribution in [1.82, 2.24) is 14.1 Å². The van der Waals surface area contributed by atoms with Crippen LogP contribution in [-0.2, 0) is 23.1 Å². The maximum Gasteiger partial charge on any atom is 0.330 e. The van der Waals surface area contributed by atoms with Gasteiger partial charge < -0.3 is 9.47 Å². The fourth-order valence-electron chi connectivity index (χ4n) is 4.63. The third-order valence-corrected chi connectivity index (χ3v) is 6.52. The topological polar surface area (TPSA) is 75.4 Å². The summed E-state index contributed by atoms with van der Waals surface area (Å²) in [6.07, 6.45) is 7.21. The first-order chi connectivity index (χ1) is 14.0. The Kier molecular flexibility index (Phi) is 6.04. The molecule has 0 aromatic carbocycles. The molecule has 1 aliphatic heterocycles. The molecule has 2 aromatic rings. The van der Waals surface area contributed by atoms with Crippen LogP contribution in [0.1, 0.15) is 51.9 Å². The van der Waals surface area contributed by atoms with Gasteiger partial charge in [-0.25, -0.2) is 4.79 Å². The number of carbonyl (C=O) groups excluding carboxylic acids is 1. The van der Waals surface area contributed by atoms with Crippen molar-refractivity contribution in [3.63, 3.8) is 0 Å². The average molecular weight is 402 g/mol. The summed E-state index contributed by atoms with van der Waals surface area (Å²) in [5, 5.41) is 0. The molecule has 1 saturated heterocycles. The van der Waals surface area contributed by atoms with E-state index in [1.165, 1.54) is 6.42 Å². The fraction of sp³-hybridized carbons (Fsp3) is 0.682. The van der Waals surface area contributed by atoms with Gasteiger partial charge in [-0.2, -0.15) is 4.98 Å². The standard InChI is InChI=1S/C22H31N3O4/c1-15(26)17-8-6-16(7-9-17)13-25-21-19(24(2)22(25)27)10-11-20(23-21)29-14-18-5-3-4-12-28-18/h10-11,16-18H,3-9,12-14H2,1-2H3. The molecular weight excluding hydrogens is 370 g/mol. The molecule has 7 nitrogen and oxygen atoms in total. The molecule has 0 spiro atoms. The van der Waals surface area contributed by atoms with Gasteiger partial charge >= 0.3 is 5.69 Å². The van der Waals surface area contributed by atoms with Crippen LogP contribution in [0.15, 0.2) is 16.9 Å². The quantitative estimate of drug-likeness (QED) is 0.744. The van der Waals surface area contributed by atoms with Crippen LogP contribution in [0.5, 0.6) is 5.88 Å². The van der Waals surface area contributed by atoms with Crippen molar-refractivity contribution in [2.45, 2.75) is 64.5 Å². The van der Waals surface area contributed by atoms with Gasteiger partial charge in [0.15, 0.2) is 5.65 Å². The van der Waals surface area contributed by atoms with Crippen molar-refractivity contribution >= 4 is 16.9 Å². The molecule has 2 aliphatic rings. The molecule has 7 heteroatoms. The van der Waals surface area contributed by atoms with Crippen LogP contribution >= 0.6 is 0 Å². The van der Waals surface area contributed by atoms with Crippen molar-refractivity contribution < 1.29 is 14.3 Å². The van der Waals surface area contributed by atoms with E-state index in [9.17, 15) is 9.59 Å². The molecule has 29 heavy (non-hydrogen) atoms. The predicted molar refractivity (Wildman–Crippen MR) is 110 cm³/mol. The zero-order chi connectivity index (χ0) is 20.4. The molecule has 3 heterocycles. The normalized spacial score (nSPS) is 25.2. The maximum atomic E-state index is 12.8. The Balaban J connectivity index is 1.49. The minimum absolute atomic E-state index is 0.0473. The highest BCUT2D eigenvalue weighted by Crippen LogP contribution is 2.31. The summed E-state index contributed by atoms with van der Waals surface area (Å²) in [5.74, 6) is 1.41. The third-order valence-electron chi connectivity index (χ3n) is 6.52. The Labute approximate surface area is 171 Å². The van der Waals surface area contributed by atoms with Crippen LogP contribution < -0.4 is 10.4 Å². The van der Waals surface area contributed by atoms with Crippen LogP contribution in [0.2, 0.25) is 0 Å². The lowest BCUT2D eigenvalue weighted by molar-refractivity contribution is -0.121. The highest BCUT2D eigenvalue weighted by atomic mass is 16.5. The number of fused-ring (bicyclic) bond motifs is 1. The summed E-state index contributed by atoms with van der Waals surface area (Å²) >= 11 is 0. The molecular formula is C22H31N3O4. The molecule has 1 atom stereocenters. The lowest BCUT2D eigenvalue weighted by Crippen LogP contribution is -2.28. The second kappa shape index (κ2) is 8.69. The molecule has 0 radical (unpaired) electrons. The molecule has 1 saturated carbocycles. The molecule has 1 aliphatic carbocycles. The number of ketones is 1. The number of hydrogen-bond donors (Lipinski definition) is 0. The summed E-state index contributed by atoms with van der Waals surface area (Å²) in [5.41, 5.74) is 1.44. The van der Waals surface area contributed by atoms with Crippen LogP contribution in [0.3, 0.4) is 0 Å². The summed E-state index contributed by atoms with van der Waals surface area (Å²) in [7, 11) is 1.78. The van der Waals surface area contributed by atoms with Crippen molar-refractivity contribution in [3.05, 3.63) is 22.6 Å². The van der Waals surface area contributed by atoms with Gasteiger partial charge in [-0.1, -0.05) is 0 Å². The van der Waals surface area contributed by atoms with Crippen molar-refractivity contribution in [2.75, 3.05) is 13.2 Å². The Morgan fingerprint density at radius 3 is 2.69 bits per heavy atom.